The molecular weight excluding hydrogens is 737 g/mol. The Bertz CT molecular complexity index is 3500. The lowest BCUT2D eigenvalue weighted by Crippen LogP contribution is -2.16. The molecule has 0 unspecified atom stereocenters. The maximum Gasteiger partial charge on any atom is 0.0543 e. The second-order valence-electron chi connectivity index (χ2n) is 17.0. The summed E-state index contributed by atoms with van der Waals surface area (Å²) in [6.07, 6.45) is 0. The van der Waals surface area contributed by atoms with Crippen molar-refractivity contribution < 1.29 is 0 Å². The summed E-state index contributed by atoms with van der Waals surface area (Å²) >= 11 is 0. The van der Waals surface area contributed by atoms with Gasteiger partial charge in [0.15, 0.2) is 0 Å². The molecule has 2 nitrogen and oxygen atoms in total. The van der Waals surface area contributed by atoms with Gasteiger partial charge in [0.25, 0.3) is 0 Å². The quantitative estimate of drug-likeness (QED) is 0.153. The molecule has 0 saturated carbocycles. The van der Waals surface area contributed by atoms with Crippen LogP contribution in [-0.4, -0.2) is 4.57 Å². The van der Waals surface area contributed by atoms with E-state index in [1.807, 2.05) is 0 Å². The van der Waals surface area contributed by atoms with Crippen molar-refractivity contribution in [3.63, 3.8) is 0 Å². The number of benzene rings is 10. The van der Waals surface area contributed by atoms with E-state index in [-0.39, 0.29) is 5.41 Å². The SMILES string of the molecule is CC1(C)c2ccccc2-c2c(N(c3ccc(-c4ccc5c(c4)c4ccccc4n5-c4ccccc4)cc3)c3cccc(-c4ccc5cc6ccccc6cc5c4)c3)cccc21. The lowest BCUT2D eigenvalue weighted by molar-refractivity contribution is 0.660. The van der Waals surface area contributed by atoms with Crippen molar-refractivity contribution in [1.82, 2.24) is 4.57 Å². The summed E-state index contributed by atoms with van der Waals surface area (Å²) in [5.41, 5.74) is 17.0. The summed E-state index contributed by atoms with van der Waals surface area (Å²) in [6, 6.07) is 80.5. The van der Waals surface area contributed by atoms with Crippen LogP contribution in [-0.2, 0) is 5.41 Å². The topological polar surface area (TPSA) is 8.17 Å². The van der Waals surface area contributed by atoms with E-state index in [0.717, 1.165) is 11.4 Å². The van der Waals surface area contributed by atoms with Gasteiger partial charge in [-0.05, 0) is 139 Å². The molecule has 1 heterocycles. The molecule has 0 radical (unpaired) electrons. The zero-order chi connectivity index (χ0) is 40.7. The fourth-order valence-corrected chi connectivity index (χ4v) is 10.1. The molecule has 0 N–H and O–H groups in total. The third kappa shape index (κ3) is 5.64. The van der Waals surface area contributed by atoms with Gasteiger partial charge >= 0.3 is 0 Å². The first-order chi connectivity index (χ1) is 30.0. The highest BCUT2D eigenvalue weighted by atomic mass is 15.1. The van der Waals surface area contributed by atoms with Gasteiger partial charge in [0.2, 0.25) is 0 Å². The van der Waals surface area contributed by atoms with Gasteiger partial charge < -0.3 is 9.47 Å². The predicted molar refractivity (Wildman–Crippen MR) is 259 cm³/mol. The lowest BCUT2D eigenvalue weighted by atomic mass is 9.82. The number of hydrogen-bond acceptors (Lipinski definition) is 1. The van der Waals surface area contributed by atoms with Crippen LogP contribution in [0.15, 0.2) is 218 Å². The van der Waals surface area contributed by atoms with Crippen LogP contribution in [0.4, 0.5) is 17.1 Å². The molecule has 0 spiro atoms. The third-order valence-electron chi connectivity index (χ3n) is 13.1. The van der Waals surface area contributed by atoms with Crippen molar-refractivity contribution in [2.24, 2.45) is 0 Å². The number of rotatable bonds is 6. The smallest absolute Gasteiger partial charge is 0.0543 e. The summed E-state index contributed by atoms with van der Waals surface area (Å²) < 4.78 is 2.38. The Morgan fingerprint density at radius 3 is 1.85 bits per heavy atom. The van der Waals surface area contributed by atoms with Gasteiger partial charge in [-0.15, -0.1) is 0 Å². The maximum atomic E-state index is 2.47. The Hall–Kier alpha value is -7.68. The lowest BCUT2D eigenvalue weighted by Gasteiger charge is -2.29. The third-order valence-corrected chi connectivity index (χ3v) is 13.1. The molecule has 0 saturated heterocycles. The standard InChI is InChI=1S/C59H42N2/c1-59(2)53-22-10-8-21-51(53)58-54(59)23-13-25-57(58)60(49-19-12-16-42(37-49)43-26-27-44-34-40-14-6-7-15-41(40)35-46(44)36-43)48-31-28-39(29-32-48)45-30-33-56-52(38-45)50-20-9-11-24-55(50)61(56)47-17-4-3-5-18-47/h3-38H,1-2H3. The summed E-state index contributed by atoms with van der Waals surface area (Å²) in [4.78, 5) is 2.47. The minimum atomic E-state index is -0.114. The maximum absolute atomic E-state index is 2.47. The number of para-hydroxylation sites is 2. The molecule has 0 fully saturated rings. The highest BCUT2D eigenvalue weighted by Crippen LogP contribution is 2.54. The summed E-state index contributed by atoms with van der Waals surface area (Å²) in [5, 5.41) is 7.53. The van der Waals surface area contributed by atoms with E-state index in [2.05, 4.69) is 242 Å². The summed E-state index contributed by atoms with van der Waals surface area (Å²) in [5.74, 6) is 0. The van der Waals surface area contributed by atoms with E-state index in [1.54, 1.807) is 0 Å². The molecule has 1 aromatic heterocycles. The number of aromatic nitrogens is 1. The van der Waals surface area contributed by atoms with Crippen molar-refractivity contribution in [2.75, 3.05) is 4.90 Å². The van der Waals surface area contributed by atoms with E-state index >= 15 is 0 Å². The van der Waals surface area contributed by atoms with Crippen LogP contribution in [0.2, 0.25) is 0 Å². The first-order valence-corrected chi connectivity index (χ1v) is 21.3. The zero-order valence-electron chi connectivity index (χ0n) is 34.2. The molecule has 10 aromatic carbocycles. The van der Waals surface area contributed by atoms with Gasteiger partial charge in [-0.3, -0.25) is 0 Å². The highest BCUT2D eigenvalue weighted by molar-refractivity contribution is 6.10. The Kier molecular flexibility index (Phi) is 7.92. The van der Waals surface area contributed by atoms with E-state index in [4.69, 9.17) is 0 Å². The van der Waals surface area contributed by atoms with Crippen molar-refractivity contribution >= 4 is 60.4 Å². The Labute approximate surface area is 356 Å². The fraction of sp³-hybridized carbons (Fsp3) is 0.0508. The molecule has 1 aliphatic carbocycles. The Morgan fingerprint density at radius 1 is 0.377 bits per heavy atom. The molecule has 0 amide bonds. The van der Waals surface area contributed by atoms with Gasteiger partial charge in [0.1, 0.15) is 0 Å². The minimum Gasteiger partial charge on any atom is -0.310 e. The van der Waals surface area contributed by atoms with E-state index in [0.29, 0.717) is 0 Å². The molecular formula is C59H42N2. The Balaban J connectivity index is 0.998. The Morgan fingerprint density at radius 2 is 1.00 bits per heavy atom. The van der Waals surface area contributed by atoms with E-state index in [9.17, 15) is 0 Å². The monoisotopic (exact) mass is 778 g/mol. The van der Waals surface area contributed by atoms with Gasteiger partial charge in [-0.2, -0.15) is 0 Å². The molecule has 11 aromatic rings. The van der Waals surface area contributed by atoms with Crippen molar-refractivity contribution in [2.45, 2.75) is 19.3 Å². The molecule has 0 atom stereocenters. The fourth-order valence-electron chi connectivity index (χ4n) is 10.1. The number of anilines is 3. The molecule has 12 rings (SSSR count). The number of nitrogens with zero attached hydrogens (tertiary/aromatic N) is 2. The second kappa shape index (κ2) is 13.7. The highest BCUT2D eigenvalue weighted by Gasteiger charge is 2.37. The molecule has 1 aliphatic rings. The van der Waals surface area contributed by atoms with Crippen LogP contribution >= 0.6 is 0 Å². The first kappa shape index (κ1) is 35.3. The molecule has 288 valence electrons. The van der Waals surface area contributed by atoms with E-state index in [1.165, 1.54) is 99.2 Å². The van der Waals surface area contributed by atoms with Crippen LogP contribution in [0, 0.1) is 0 Å². The first-order valence-electron chi connectivity index (χ1n) is 21.3. The second-order valence-corrected chi connectivity index (χ2v) is 17.0. The minimum absolute atomic E-state index is 0.114. The number of hydrogen-bond donors (Lipinski definition) is 0. The van der Waals surface area contributed by atoms with Crippen LogP contribution in [0.25, 0.3) is 82.4 Å². The average molecular weight is 779 g/mol. The van der Waals surface area contributed by atoms with Crippen molar-refractivity contribution in [1.29, 1.82) is 0 Å². The van der Waals surface area contributed by atoms with Gasteiger partial charge in [-0.25, -0.2) is 0 Å². The number of fused-ring (bicyclic) bond motifs is 8. The van der Waals surface area contributed by atoms with Crippen molar-refractivity contribution in [3.05, 3.63) is 230 Å². The average Bonchev–Trinajstić information content (AvgIpc) is 3.77. The predicted octanol–water partition coefficient (Wildman–Crippen LogP) is 16.2. The zero-order valence-corrected chi connectivity index (χ0v) is 34.2. The molecule has 0 bridgehead atoms. The summed E-state index contributed by atoms with van der Waals surface area (Å²) in [6.45, 7) is 4.72. The summed E-state index contributed by atoms with van der Waals surface area (Å²) in [7, 11) is 0. The van der Waals surface area contributed by atoms with Crippen LogP contribution < -0.4 is 4.90 Å². The molecule has 2 heteroatoms. The molecule has 0 aliphatic heterocycles. The van der Waals surface area contributed by atoms with Crippen molar-refractivity contribution in [3.8, 4) is 39.1 Å². The molecule has 61 heavy (non-hydrogen) atoms. The van der Waals surface area contributed by atoms with Gasteiger partial charge in [0.05, 0.1) is 16.7 Å². The van der Waals surface area contributed by atoms with Gasteiger partial charge in [-0.1, -0.05) is 153 Å². The van der Waals surface area contributed by atoms with E-state index < -0.39 is 0 Å². The largest absolute Gasteiger partial charge is 0.310 e. The van der Waals surface area contributed by atoms with Crippen LogP contribution in [0.1, 0.15) is 25.0 Å². The normalized spacial score (nSPS) is 12.9. The van der Waals surface area contributed by atoms with Crippen LogP contribution in [0.5, 0.6) is 0 Å². The van der Waals surface area contributed by atoms with Gasteiger partial charge in [0, 0.05) is 38.8 Å². The van der Waals surface area contributed by atoms with Crippen LogP contribution in [0.3, 0.4) is 0 Å².